The van der Waals surface area contributed by atoms with Gasteiger partial charge in [0.15, 0.2) is 0 Å². The van der Waals surface area contributed by atoms with E-state index in [1.807, 2.05) is 12.3 Å². The molecular formula is C24H26F3N2+. The van der Waals surface area contributed by atoms with Crippen molar-refractivity contribution >= 4 is 0 Å². The first-order chi connectivity index (χ1) is 13.9. The van der Waals surface area contributed by atoms with Gasteiger partial charge in [-0.3, -0.25) is 0 Å². The van der Waals surface area contributed by atoms with Crippen molar-refractivity contribution in [2.75, 3.05) is 0 Å². The molecule has 0 spiro atoms. The Kier molecular flexibility index (Phi) is 5.50. The largest absolute Gasteiger partial charge is 0.416 e. The highest BCUT2D eigenvalue weighted by Crippen LogP contribution is 2.29. The van der Waals surface area contributed by atoms with Gasteiger partial charge >= 0.3 is 6.18 Å². The summed E-state index contributed by atoms with van der Waals surface area (Å²) in [6, 6.07) is 18.9. The Balaban J connectivity index is 1.51. The lowest BCUT2D eigenvalue weighted by Crippen LogP contribution is -3.10. The van der Waals surface area contributed by atoms with E-state index in [1.165, 1.54) is 41.0 Å². The molecule has 3 aromatic rings. The van der Waals surface area contributed by atoms with E-state index in [0.717, 1.165) is 24.8 Å². The van der Waals surface area contributed by atoms with E-state index >= 15 is 0 Å². The fourth-order valence-corrected chi connectivity index (χ4v) is 3.94. The van der Waals surface area contributed by atoms with Crippen LogP contribution in [0, 0.1) is 6.92 Å². The van der Waals surface area contributed by atoms with Crippen molar-refractivity contribution in [3.8, 4) is 0 Å². The van der Waals surface area contributed by atoms with Gasteiger partial charge in [0.2, 0.25) is 0 Å². The number of alkyl halides is 3. The SMILES string of the molecule is Cc1ccccc1C[NH+](Cc1cccn1Cc1cccc(C(F)(F)F)c1)C1CC1. The Morgan fingerprint density at radius 2 is 1.76 bits per heavy atom. The topological polar surface area (TPSA) is 9.37 Å². The maximum atomic E-state index is 13.0. The van der Waals surface area contributed by atoms with Crippen LogP contribution in [0.1, 0.15) is 40.8 Å². The summed E-state index contributed by atoms with van der Waals surface area (Å²) in [5.41, 5.74) is 3.92. The highest BCUT2D eigenvalue weighted by atomic mass is 19.4. The third-order valence-corrected chi connectivity index (χ3v) is 5.77. The van der Waals surface area contributed by atoms with Gasteiger partial charge in [-0.2, -0.15) is 13.2 Å². The highest BCUT2D eigenvalue weighted by molar-refractivity contribution is 5.27. The molecule has 2 aromatic carbocycles. The quantitative estimate of drug-likeness (QED) is 0.594. The zero-order chi connectivity index (χ0) is 20.4. The van der Waals surface area contributed by atoms with Crippen molar-refractivity contribution in [2.24, 2.45) is 0 Å². The van der Waals surface area contributed by atoms with Crippen LogP contribution in [0.5, 0.6) is 0 Å². The standard InChI is InChI=1S/C24H25F3N2/c1-18-6-2-3-8-20(18)16-29(22-11-12-22)17-23-10-5-13-28(23)15-19-7-4-9-21(14-19)24(25,26)27/h2-10,13-14,22H,11-12,15-17H2,1H3/p+1. The van der Waals surface area contributed by atoms with Crippen LogP contribution in [-0.4, -0.2) is 10.6 Å². The van der Waals surface area contributed by atoms with Gasteiger partial charge in [-0.1, -0.05) is 36.4 Å². The molecule has 1 unspecified atom stereocenters. The van der Waals surface area contributed by atoms with Crippen molar-refractivity contribution < 1.29 is 18.1 Å². The second-order valence-electron chi connectivity index (χ2n) is 8.04. The minimum absolute atomic E-state index is 0.453. The van der Waals surface area contributed by atoms with Gasteiger partial charge in [-0.15, -0.1) is 0 Å². The minimum Gasteiger partial charge on any atom is -0.342 e. The average molecular weight is 399 g/mol. The molecule has 1 atom stereocenters. The van der Waals surface area contributed by atoms with Crippen molar-refractivity contribution in [3.63, 3.8) is 0 Å². The van der Waals surface area contributed by atoms with E-state index in [9.17, 15) is 13.2 Å². The second-order valence-corrected chi connectivity index (χ2v) is 8.04. The summed E-state index contributed by atoms with van der Waals surface area (Å²) < 4.78 is 41.1. The van der Waals surface area contributed by atoms with Gasteiger partial charge in [0.05, 0.1) is 17.3 Å². The summed E-state index contributed by atoms with van der Waals surface area (Å²) in [6.45, 7) is 4.46. The smallest absolute Gasteiger partial charge is 0.342 e. The van der Waals surface area contributed by atoms with Crippen LogP contribution in [0.25, 0.3) is 0 Å². The van der Waals surface area contributed by atoms with Crippen LogP contribution in [-0.2, 0) is 25.8 Å². The third kappa shape index (κ3) is 4.91. The fraction of sp³-hybridized carbons (Fsp3) is 0.333. The number of benzene rings is 2. The fourth-order valence-electron chi connectivity index (χ4n) is 3.94. The van der Waals surface area contributed by atoms with Crippen molar-refractivity contribution in [2.45, 2.75) is 51.6 Å². The zero-order valence-corrected chi connectivity index (χ0v) is 16.5. The van der Waals surface area contributed by atoms with Crippen LogP contribution < -0.4 is 4.90 Å². The molecule has 1 aliphatic carbocycles. The summed E-state index contributed by atoms with van der Waals surface area (Å²) in [5, 5.41) is 0. The van der Waals surface area contributed by atoms with Crippen molar-refractivity contribution in [3.05, 3.63) is 94.8 Å². The van der Waals surface area contributed by atoms with Gasteiger partial charge in [0.1, 0.15) is 13.1 Å². The van der Waals surface area contributed by atoms with Crippen LogP contribution in [0.2, 0.25) is 0 Å². The van der Waals surface area contributed by atoms with Crippen molar-refractivity contribution in [1.29, 1.82) is 0 Å². The third-order valence-electron chi connectivity index (χ3n) is 5.77. The Bertz CT molecular complexity index is 970. The minimum atomic E-state index is -4.31. The predicted molar refractivity (Wildman–Crippen MR) is 108 cm³/mol. The van der Waals surface area contributed by atoms with E-state index < -0.39 is 11.7 Å². The molecule has 5 heteroatoms. The first kappa shape index (κ1) is 19.8. The zero-order valence-electron chi connectivity index (χ0n) is 16.5. The van der Waals surface area contributed by atoms with Crippen molar-refractivity contribution in [1.82, 2.24) is 4.57 Å². The summed E-state index contributed by atoms with van der Waals surface area (Å²) >= 11 is 0. The number of hydrogen-bond acceptors (Lipinski definition) is 0. The Hall–Kier alpha value is -2.53. The summed E-state index contributed by atoms with van der Waals surface area (Å²) in [6.07, 6.45) is 0.148. The molecular weight excluding hydrogens is 373 g/mol. The summed E-state index contributed by atoms with van der Waals surface area (Å²) in [7, 11) is 0. The van der Waals surface area contributed by atoms with Crippen LogP contribution in [0.4, 0.5) is 13.2 Å². The van der Waals surface area contributed by atoms with E-state index in [1.54, 1.807) is 6.07 Å². The molecule has 1 aromatic heterocycles. The number of quaternary nitrogens is 1. The van der Waals surface area contributed by atoms with E-state index in [-0.39, 0.29) is 0 Å². The van der Waals surface area contributed by atoms with E-state index in [4.69, 9.17) is 0 Å². The maximum absolute atomic E-state index is 13.0. The highest BCUT2D eigenvalue weighted by Gasteiger charge is 2.34. The van der Waals surface area contributed by atoms with Gasteiger partial charge in [-0.05, 0) is 42.3 Å². The first-order valence-electron chi connectivity index (χ1n) is 10.1. The Labute approximate surface area is 169 Å². The molecule has 0 amide bonds. The second kappa shape index (κ2) is 8.07. The molecule has 2 nitrogen and oxygen atoms in total. The molecule has 1 aliphatic rings. The van der Waals surface area contributed by atoms with E-state index in [2.05, 4.69) is 41.8 Å². The van der Waals surface area contributed by atoms with Crippen LogP contribution in [0.3, 0.4) is 0 Å². The van der Waals surface area contributed by atoms with E-state index in [0.29, 0.717) is 18.2 Å². The van der Waals surface area contributed by atoms with Gasteiger partial charge in [-0.25, -0.2) is 0 Å². The average Bonchev–Trinajstić information content (AvgIpc) is 3.44. The lowest BCUT2D eigenvalue weighted by atomic mass is 10.1. The number of halogens is 3. The van der Waals surface area contributed by atoms with Gasteiger partial charge < -0.3 is 9.47 Å². The number of aromatic nitrogens is 1. The normalized spacial score (nSPS) is 15.4. The van der Waals surface area contributed by atoms with Gasteiger partial charge in [0.25, 0.3) is 0 Å². The number of nitrogens with one attached hydrogen (secondary N) is 1. The number of nitrogens with zero attached hydrogens (tertiary/aromatic N) is 1. The maximum Gasteiger partial charge on any atom is 0.416 e. The molecule has 4 rings (SSSR count). The summed E-state index contributed by atoms with van der Waals surface area (Å²) in [4.78, 5) is 1.53. The Morgan fingerprint density at radius 1 is 0.966 bits per heavy atom. The summed E-state index contributed by atoms with van der Waals surface area (Å²) in [5.74, 6) is 0. The lowest BCUT2D eigenvalue weighted by molar-refractivity contribution is -0.938. The molecule has 152 valence electrons. The van der Waals surface area contributed by atoms with Crippen LogP contribution in [0.15, 0.2) is 66.9 Å². The monoisotopic (exact) mass is 399 g/mol. The molecule has 1 saturated carbocycles. The molecule has 0 saturated heterocycles. The molecule has 0 radical (unpaired) electrons. The lowest BCUT2D eigenvalue weighted by Gasteiger charge is -2.21. The molecule has 1 N–H and O–H groups in total. The molecule has 0 aliphatic heterocycles. The first-order valence-corrected chi connectivity index (χ1v) is 10.1. The number of rotatable bonds is 7. The number of hydrogen-bond donors (Lipinski definition) is 1. The molecule has 1 fully saturated rings. The molecule has 1 heterocycles. The van der Waals surface area contributed by atoms with Gasteiger partial charge in [0, 0.05) is 31.1 Å². The molecule has 0 bridgehead atoms. The Morgan fingerprint density at radius 3 is 2.48 bits per heavy atom. The van der Waals surface area contributed by atoms with Crippen LogP contribution >= 0.6 is 0 Å². The predicted octanol–water partition coefficient (Wildman–Crippen LogP) is 4.61. The number of aryl methyl sites for hydroxylation is 1. The molecule has 29 heavy (non-hydrogen) atoms.